The van der Waals surface area contributed by atoms with Crippen LogP contribution in [-0.4, -0.2) is 0 Å². The maximum atomic E-state index is 13.8. The molecule has 1 nitrogen and oxygen atoms in total. The number of benzene rings is 2. The van der Waals surface area contributed by atoms with Gasteiger partial charge in [-0.2, -0.15) is 0 Å². The molecule has 0 radical (unpaired) electrons. The van der Waals surface area contributed by atoms with Gasteiger partial charge in [0.15, 0.2) is 0 Å². The van der Waals surface area contributed by atoms with Crippen molar-refractivity contribution < 1.29 is 8.78 Å². The van der Waals surface area contributed by atoms with Crippen molar-refractivity contribution in [1.29, 1.82) is 0 Å². The molecule has 0 spiro atoms. The van der Waals surface area contributed by atoms with Gasteiger partial charge in [0.2, 0.25) is 0 Å². The minimum absolute atomic E-state index is 0.0959. The molecular formula is C13H9BrF2IN. The molecule has 0 saturated heterocycles. The molecule has 0 heterocycles. The Morgan fingerprint density at radius 1 is 1.06 bits per heavy atom. The standard InChI is InChI=1S/C13H9BrF2IN/c14-10-6-11(15)9(5-12(10)16)13(18)7-1-3-8(17)4-2-7/h1-6,13H,18H2. The van der Waals surface area contributed by atoms with Crippen molar-refractivity contribution in [2.24, 2.45) is 5.73 Å². The summed E-state index contributed by atoms with van der Waals surface area (Å²) in [6.07, 6.45) is 0. The fraction of sp³-hybridized carbons (Fsp3) is 0.0769. The minimum Gasteiger partial charge on any atom is -0.320 e. The van der Waals surface area contributed by atoms with E-state index in [1.165, 1.54) is 0 Å². The van der Waals surface area contributed by atoms with E-state index in [1.807, 2.05) is 24.3 Å². The van der Waals surface area contributed by atoms with Gasteiger partial charge in [0.05, 0.1) is 10.5 Å². The van der Waals surface area contributed by atoms with Crippen molar-refractivity contribution in [3.8, 4) is 0 Å². The lowest BCUT2D eigenvalue weighted by molar-refractivity contribution is 0.572. The summed E-state index contributed by atoms with van der Waals surface area (Å²) in [7, 11) is 0. The Kier molecular flexibility index (Phi) is 4.34. The largest absolute Gasteiger partial charge is 0.320 e. The van der Waals surface area contributed by atoms with Gasteiger partial charge in [-0.15, -0.1) is 0 Å². The normalized spacial score (nSPS) is 12.5. The van der Waals surface area contributed by atoms with E-state index in [1.54, 1.807) is 0 Å². The first-order valence-electron chi connectivity index (χ1n) is 5.14. The highest BCUT2D eigenvalue weighted by molar-refractivity contribution is 14.1. The predicted molar refractivity (Wildman–Crippen MR) is 79.2 cm³/mol. The lowest BCUT2D eigenvalue weighted by atomic mass is 9.99. The van der Waals surface area contributed by atoms with Gasteiger partial charge in [0.1, 0.15) is 11.6 Å². The Hall–Kier alpha value is -0.530. The molecule has 1 unspecified atom stereocenters. The van der Waals surface area contributed by atoms with E-state index in [0.29, 0.717) is 0 Å². The summed E-state index contributed by atoms with van der Waals surface area (Å²) in [6.45, 7) is 0. The predicted octanol–water partition coefficient (Wildman–Crippen LogP) is 4.38. The SMILES string of the molecule is NC(c1ccc(I)cc1)c1cc(F)c(Br)cc1F. The summed E-state index contributed by atoms with van der Waals surface area (Å²) in [4.78, 5) is 0. The number of halogens is 4. The van der Waals surface area contributed by atoms with Crippen LogP contribution in [0, 0.1) is 15.2 Å². The third-order valence-electron chi connectivity index (χ3n) is 2.60. The topological polar surface area (TPSA) is 26.0 Å². The van der Waals surface area contributed by atoms with Gasteiger partial charge in [-0.1, -0.05) is 12.1 Å². The molecule has 0 fully saturated rings. The monoisotopic (exact) mass is 423 g/mol. The van der Waals surface area contributed by atoms with Gasteiger partial charge in [-0.05, 0) is 68.3 Å². The van der Waals surface area contributed by atoms with Crippen LogP contribution in [0.1, 0.15) is 17.2 Å². The molecule has 0 bridgehead atoms. The van der Waals surface area contributed by atoms with Gasteiger partial charge in [0, 0.05) is 9.13 Å². The van der Waals surface area contributed by atoms with Crippen molar-refractivity contribution in [2.45, 2.75) is 6.04 Å². The molecule has 0 aliphatic rings. The highest BCUT2D eigenvalue weighted by atomic mass is 127. The van der Waals surface area contributed by atoms with Gasteiger partial charge in [-0.25, -0.2) is 8.78 Å². The first-order valence-corrected chi connectivity index (χ1v) is 7.01. The zero-order valence-electron chi connectivity index (χ0n) is 9.13. The summed E-state index contributed by atoms with van der Waals surface area (Å²) < 4.78 is 28.4. The van der Waals surface area contributed by atoms with Crippen molar-refractivity contribution >= 4 is 38.5 Å². The number of hydrogen-bond acceptors (Lipinski definition) is 1. The van der Waals surface area contributed by atoms with Crippen LogP contribution in [0.3, 0.4) is 0 Å². The summed E-state index contributed by atoms with van der Waals surface area (Å²) in [5.74, 6) is -1.04. The Bertz CT molecular complexity index is 572. The second-order valence-corrected chi connectivity index (χ2v) is 5.92. The van der Waals surface area contributed by atoms with Crippen LogP contribution < -0.4 is 5.73 Å². The molecule has 94 valence electrons. The molecule has 2 N–H and O–H groups in total. The van der Waals surface area contributed by atoms with Crippen LogP contribution in [-0.2, 0) is 0 Å². The molecular weight excluding hydrogens is 415 g/mol. The average molecular weight is 424 g/mol. The van der Waals surface area contributed by atoms with Crippen LogP contribution in [0.25, 0.3) is 0 Å². The van der Waals surface area contributed by atoms with Crippen molar-refractivity contribution in [2.75, 3.05) is 0 Å². The lowest BCUT2D eigenvalue weighted by Gasteiger charge is -2.14. The van der Waals surface area contributed by atoms with Crippen LogP contribution in [0.5, 0.6) is 0 Å². The van der Waals surface area contributed by atoms with E-state index in [4.69, 9.17) is 5.73 Å². The fourth-order valence-electron chi connectivity index (χ4n) is 1.63. The molecule has 0 aliphatic heterocycles. The Morgan fingerprint density at radius 2 is 1.67 bits per heavy atom. The van der Waals surface area contributed by atoms with Crippen molar-refractivity contribution in [3.05, 3.63) is 67.2 Å². The average Bonchev–Trinajstić information content (AvgIpc) is 2.34. The molecule has 0 saturated carbocycles. The van der Waals surface area contributed by atoms with Crippen LogP contribution >= 0.6 is 38.5 Å². The van der Waals surface area contributed by atoms with Crippen molar-refractivity contribution in [1.82, 2.24) is 0 Å². The van der Waals surface area contributed by atoms with E-state index in [9.17, 15) is 8.78 Å². The molecule has 0 aromatic heterocycles. The van der Waals surface area contributed by atoms with Gasteiger partial charge in [-0.3, -0.25) is 0 Å². The number of rotatable bonds is 2. The Balaban J connectivity index is 2.42. The molecule has 1 atom stereocenters. The van der Waals surface area contributed by atoms with E-state index >= 15 is 0 Å². The molecule has 5 heteroatoms. The molecule has 0 amide bonds. The van der Waals surface area contributed by atoms with Crippen LogP contribution in [0.15, 0.2) is 40.9 Å². The van der Waals surface area contributed by atoms with E-state index in [0.717, 1.165) is 21.3 Å². The first-order chi connectivity index (χ1) is 8.49. The van der Waals surface area contributed by atoms with Crippen molar-refractivity contribution in [3.63, 3.8) is 0 Å². The third kappa shape index (κ3) is 2.89. The lowest BCUT2D eigenvalue weighted by Crippen LogP contribution is -2.14. The zero-order valence-corrected chi connectivity index (χ0v) is 12.9. The van der Waals surface area contributed by atoms with Gasteiger partial charge in [0.25, 0.3) is 0 Å². The highest BCUT2D eigenvalue weighted by Gasteiger charge is 2.16. The molecule has 2 rings (SSSR count). The van der Waals surface area contributed by atoms with Crippen LogP contribution in [0.2, 0.25) is 0 Å². The van der Waals surface area contributed by atoms with E-state index < -0.39 is 17.7 Å². The third-order valence-corrected chi connectivity index (χ3v) is 3.93. The maximum absolute atomic E-state index is 13.8. The highest BCUT2D eigenvalue weighted by Crippen LogP contribution is 2.27. The minimum atomic E-state index is -0.676. The quantitative estimate of drug-likeness (QED) is 0.563. The number of nitrogens with two attached hydrogens (primary N) is 1. The zero-order chi connectivity index (χ0) is 13.3. The first kappa shape index (κ1) is 13.9. The fourth-order valence-corrected chi connectivity index (χ4v) is 2.30. The smallest absolute Gasteiger partial charge is 0.137 e. The number of hydrogen-bond donors (Lipinski definition) is 1. The van der Waals surface area contributed by atoms with Gasteiger partial charge < -0.3 is 5.73 Å². The Morgan fingerprint density at radius 3 is 2.28 bits per heavy atom. The van der Waals surface area contributed by atoms with Crippen LogP contribution in [0.4, 0.5) is 8.78 Å². The Labute approximate surface area is 126 Å². The second-order valence-electron chi connectivity index (χ2n) is 3.82. The summed E-state index contributed by atoms with van der Waals surface area (Å²) in [5.41, 5.74) is 6.86. The maximum Gasteiger partial charge on any atom is 0.137 e. The van der Waals surface area contributed by atoms with E-state index in [-0.39, 0.29) is 10.0 Å². The van der Waals surface area contributed by atoms with E-state index in [2.05, 4.69) is 38.5 Å². The molecule has 2 aromatic carbocycles. The molecule has 2 aromatic rings. The molecule has 18 heavy (non-hydrogen) atoms. The second kappa shape index (κ2) is 5.63. The van der Waals surface area contributed by atoms with Gasteiger partial charge >= 0.3 is 0 Å². The summed E-state index contributed by atoms with van der Waals surface area (Å²) in [6, 6.07) is 8.92. The molecule has 0 aliphatic carbocycles. The summed E-state index contributed by atoms with van der Waals surface area (Å²) in [5, 5.41) is 0. The summed E-state index contributed by atoms with van der Waals surface area (Å²) >= 11 is 5.11.